The molecule has 9 heavy (non-hydrogen) atoms. The first-order chi connectivity index (χ1) is 4.14. The highest BCUT2D eigenvalue weighted by Crippen LogP contribution is 2.37. The van der Waals surface area contributed by atoms with Gasteiger partial charge in [0.25, 0.3) is 0 Å². The van der Waals surface area contributed by atoms with Crippen LogP contribution in [0.4, 0.5) is 0 Å². The summed E-state index contributed by atoms with van der Waals surface area (Å²) in [6.07, 6.45) is 4.23. The fourth-order valence-electron chi connectivity index (χ4n) is 1.05. The molecule has 1 radical (unpaired) electrons. The Morgan fingerprint density at radius 1 is 1.67 bits per heavy atom. The van der Waals surface area contributed by atoms with Crippen LogP contribution in [0.3, 0.4) is 0 Å². The Balaban J connectivity index is 2.21. The molecule has 1 nitrogen and oxygen atoms in total. The summed E-state index contributed by atoms with van der Waals surface area (Å²) in [5.74, 6) is 0.807. The normalized spacial score (nSPS) is 25.7. The van der Waals surface area contributed by atoms with Crippen LogP contribution in [-0.2, 0) is 0 Å². The minimum absolute atomic E-state index is 0.485. The zero-order valence-electron chi connectivity index (χ0n) is 6.06. The van der Waals surface area contributed by atoms with Crippen molar-refractivity contribution in [3.63, 3.8) is 0 Å². The molecule has 0 saturated heterocycles. The highest BCUT2D eigenvalue weighted by Gasteiger charge is 2.29. The molecule has 1 N–H and O–H groups in total. The third-order valence-corrected chi connectivity index (χ3v) is 1.96. The summed E-state index contributed by atoms with van der Waals surface area (Å²) in [6.45, 7) is 5.56. The molecule has 0 bridgehead atoms. The fourth-order valence-corrected chi connectivity index (χ4v) is 1.05. The van der Waals surface area contributed by atoms with Crippen molar-refractivity contribution >= 4 is 0 Å². The van der Waals surface area contributed by atoms with Gasteiger partial charge in [0, 0.05) is 0 Å². The quantitative estimate of drug-likeness (QED) is 0.612. The predicted molar refractivity (Wildman–Crippen MR) is 37.9 cm³/mol. The lowest BCUT2D eigenvalue weighted by Gasteiger charge is -2.20. The molecule has 1 unspecified atom stereocenters. The highest BCUT2D eigenvalue weighted by molar-refractivity contribution is 4.83. The van der Waals surface area contributed by atoms with Gasteiger partial charge in [-0.3, -0.25) is 0 Å². The summed E-state index contributed by atoms with van der Waals surface area (Å²) >= 11 is 0. The Bertz CT molecular complexity index is 92.7. The average Bonchev–Trinajstić information content (AvgIpc) is 2.50. The largest absolute Gasteiger partial charge is 0.390 e. The lowest BCUT2D eigenvalue weighted by atomic mass is 9.96. The minimum atomic E-state index is -0.485. The zero-order valence-corrected chi connectivity index (χ0v) is 6.06. The van der Waals surface area contributed by atoms with Gasteiger partial charge in [0.15, 0.2) is 0 Å². The van der Waals surface area contributed by atoms with Crippen LogP contribution in [0.2, 0.25) is 0 Å². The zero-order chi connectivity index (χ0) is 6.91. The molecular formula is C8H15O. The van der Waals surface area contributed by atoms with Gasteiger partial charge in [-0.2, -0.15) is 0 Å². The van der Waals surface area contributed by atoms with E-state index in [0.29, 0.717) is 6.42 Å². The van der Waals surface area contributed by atoms with Crippen LogP contribution in [-0.4, -0.2) is 10.7 Å². The molecule has 1 heteroatoms. The molecule has 0 heterocycles. The van der Waals surface area contributed by atoms with E-state index in [9.17, 15) is 5.11 Å². The molecule has 1 atom stereocenters. The molecule has 0 aliphatic heterocycles. The Kier molecular flexibility index (Phi) is 1.80. The van der Waals surface area contributed by atoms with E-state index in [4.69, 9.17) is 0 Å². The molecular weight excluding hydrogens is 112 g/mol. The van der Waals surface area contributed by atoms with Crippen molar-refractivity contribution in [3.8, 4) is 0 Å². The van der Waals surface area contributed by atoms with Crippen molar-refractivity contribution in [2.24, 2.45) is 5.92 Å². The van der Waals surface area contributed by atoms with Crippen molar-refractivity contribution in [3.05, 3.63) is 6.92 Å². The number of rotatable bonds is 3. The highest BCUT2D eigenvalue weighted by atomic mass is 16.3. The summed E-state index contributed by atoms with van der Waals surface area (Å²) < 4.78 is 0. The Labute approximate surface area is 57.1 Å². The van der Waals surface area contributed by atoms with Gasteiger partial charge in [-0.05, 0) is 25.7 Å². The monoisotopic (exact) mass is 127 g/mol. The minimum Gasteiger partial charge on any atom is -0.390 e. The van der Waals surface area contributed by atoms with E-state index in [1.165, 1.54) is 12.8 Å². The number of aliphatic hydroxyl groups is 1. The third kappa shape index (κ3) is 2.35. The van der Waals surface area contributed by atoms with Crippen LogP contribution in [0.15, 0.2) is 0 Å². The Morgan fingerprint density at radius 3 is 2.56 bits per heavy atom. The van der Waals surface area contributed by atoms with Gasteiger partial charge >= 0.3 is 0 Å². The fraction of sp³-hybridized carbons (Fsp3) is 0.875. The molecule has 53 valence electrons. The van der Waals surface area contributed by atoms with E-state index >= 15 is 0 Å². The van der Waals surface area contributed by atoms with E-state index in [2.05, 4.69) is 6.92 Å². The summed E-state index contributed by atoms with van der Waals surface area (Å²) in [6, 6.07) is 0. The van der Waals surface area contributed by atoms with E-state index in [-0.39, 0.29) is 0 Å². The van der Waals surface area contributed by atoms with E-state index in [0.717, 1.165) is 12.3 Å². The maximum absolute atomic E-state index is 9.47. The van der Waals surface area contributed by atoms with Crippen LogP contribution < -0.4 is 0 Å². The van der Waals surface area contributed by atoms with Crippen LogP contribution in [0.1, 0.15) is 32.6 Å². The van der Waals surface area contributed by atoms with Crippen molar-refractivity contribution in [1.82, 2.24) is 0 Å². The average molecular weight is 127 g/mol. The molecule has 1 aliphatic carbocycles. The van der Waals surface area contributed by atoms with Crippen molar-refractivity contribution < 1.29 is 5.11 Å². The van der Waals surface area contributed by atoms with Gasteiger partial charge in [0.05, 0.1) is 5.60 Å². The van der Waals surface area contributed by atoms with E-state index in [1.54, 1.807) is 0 Å². The van der Waals surface area contributed by atoms with Gasteiger partial charge < -0.3 is 5.11 Å². The molecule has 1 saturated carbocycles. The third-order valence-electron chi connectivity index (χ3n) is 1.96. The van der Waals surface area contributed by atoms with Crippen LogP contribution in [0.25, 0.3) is 0 Å². The van der Waals surface area contributed by atoms with Crippen molar-refractivity contribution in [1.29, 1.82) is 0 Å². The second kappa shape index (κ2) is 2.30. The van der Waals surface area contributed by atoms with Crippen molar-refractivity contribution in [2.45, 2.75) is 38.2 Å². The van der Waals surface area contributed by atoms with Crippen LogP contribution >= 0.6 is 0 Å². The first-order valence-corrected chi connectivity index (χ1v) is 3.66. The van der Waals surface area contributed by atoms with E-state index in [1.807, 2.05) is 6.92 Å². The summed E-state index contributed by atoms with van der Waals surface area (Å²) in [7, 11) is 0. The maximum Gasteiger partial charge on any atom is 0.0622 e. The lowest BCUT2D eigenvalue weighted by molar-refractivity contribution is 0.0475. The van der Waals surface area contributed by atoms with Gasteiger partial charge in [0.2, 0.25) is 0 Å². The van der Waals surface area contributed by atoms with E-state index < -0.39 is 5.60 Å². The van der Waals surface area contributed by atoms with Crippen LogP contribution in [0, 0.1) is 12.8 Å². The van der Waals surface area contributed by atoms with Gasteiger partial charge in [-0.1, -0.05) is 19.8 Å². The predicted octanol–water partition coefficient (Wildman–Crippen LogP) is 1.76. The number of hydrogen-bond donors (Lipinski definition) is 1. The van der Waals surface area contributed by atoms with Gasteiger partial charge in [-0.25, -0.2) is 0 Å². The lowest BCUT2D eigenvalue weighted by Crippen LogP contribution is -2.23. The summed E-state index contributed by atoms with van der Waals surface area (Å²) in [5.41, 5.74) is -0.485. The number of hydrogen-bond acceptors (Lipinski definition) is 1. The molecule has 0 aromatic rings. The maximum atomic E-state index is 9.47. The van der Waals surface area contributed by atoms with Gasteiger partial charge in [-0.15, -0.1) is 0 Å². The first kappa shape index (κ1) is 7.07. The molecule has 0 aromatic carbocycles. The molecule has 0 aromatic heterocycles. The molecule has 1 aliphatic rings. The first-order valence-electron chi connectivity index (χ1n) is 3.66. The molecule has 0 amide bonds. The Morgan fingerprint density at radius 2 is 2.22 bits per heavy atom. The smallest absolute Gasteiger partial charge is 0.0622 e. The summed E-state index contributed by atoms with van der Waals surface area (Å²) in [5, 5.41) is 9.47. The van der Waals surface area contributed by atoms with Gasteiger partial charge in [0.1, 0.15) is 0 Å². The molecule has 1 rings (SSSR count). The SMILES string of the molecule is [CH2]CC(C)(O)CC1CC1. The summed E-state index contributed by atoms with van der Waals surface area (Å²) in [4.78, 5) is 0. The molecule has 1 fully saturated rings. The Hall–Kier alpha value is -0.0400. The van der Waals surface area contributed by atoms with Crippen molar-refractivity contribution in [2.75, 3.05) is 0 Å². The topological polar surface area (TPSA) is 20.2 Å². The second-order valence-corrected chi connectivity index (χ2v) is 3.39. The van der Waals surface area contributed by atoms with Crippen LogP contribution in [0.5, 0.6) is 0 Å². The second-order valence-electron chi connectivity index (χ2n) is 3.39. The standard InChI is InChI=1S/C8H15O/c1-3-8(2,9)6-7-4-5-7/h7,9H,1,3-6H2,2H3. The molecule has 0 spiro atoms.